The summed E-state index contributed by atoms with van der Waals surface area (Å²) in [5, 5.41) is 0. The van der Waals surface area contributed by atoms with Crippen LogP contribution in [-0.4, -0.2) is 12.2 Å². The summed E-state index contributed by atoms with van der Waals surface area (Å²) in [4.78, 5) is 0. The summed E-state index contributed by atoms with van der Waals surface area (Å²) in [7, 11) is 0. The van der Waals surface area contributed by atoms with E-state index in [0.717, 1.165) is 6.61 Å². The van der Waals surface area contributed by atoms with Crippen molar-refractivity contribution in [3.05, 3.63) is 0 Å². The fraction of sp³-hybridized carbons (Fsp3) is 1.00. The van der Waals surface area contributed by atoms with Crippen LogP contribution in [0, 0.1) is 0 Å². The maximum Gasteiger partial charge on any atom is 0.0916 e. The maximum atomic E-state index is 5.38. The van der Waals surface area contributed by atoms with Crippen LogP contribution in [0.1, 0.15) is 39.5 Å². The first kappa shape index (κ1) is 7.07. The van der Waals surface area contributed by atoms with Crippen molar-refractivity contribution in [2.75, 3.05) is 6.61 Å². The Balaban J connectivity index is 2.17. The Bertz CT molecular complexity index is 76.6. The van der Waals surface area contributed by atoms with Crippen LogP contribution in [-0.2, 0) is 4.74 Å². The average molecular weight is 128 g/mol. The highest BCUT2D eigenvalue weighted by Gasteiger charge is 2.42. The molecule has 0 N–H and O–H groups in total. The lowest BCUT2D eigenvalue weighted by Crippen LogP contribution is -2.08. The SMILES string of the molecule is CCCC1(CCC)CO1. The number of hydrogen-bond acceptors (Lipinski definition) is 1. The van der Waals surface area contributed by atoms with Gasteiger partial charge in [-0.25, -0.2) is 0 Å². The Morgan fingerprint density at radius 3 is 1.89 bits per heavy atom. The molecular formula is C8H16O. The van der Waals surface area contributed by atoms with Gasteiger partial charge >= 0.3 is 0 Å². The molecule has 54 valence electrons. The lowest BCUT2D eigenvalue weighted by molar-refractivity contribution is 0.270. The molecule has 1 aliphatic heterocycles. The van der Waals surface area contributed by atoms with Gasteiger partial charge in [-0.2, -0.15) is 0 Å². The van der Waals surface area contributed by atoms with Crippen molar-refractivity contribution in [2.24, 2.45) is 0 Å². The number of rotatable bonds is 4. The molecule has 1 aliphatic rings. The van der Waals surface area contributed by atoms with Crippen LogP contribution in [0.4, 0.5) is 0 Å². The fourth-order valence-electron chi connectivity index (χ4n) is 1.43. The van der Waals surface area contributed by atoms with Gasteiger partial charge in [-0.15, -0.1) is 0 Å². The molecule has 0 radical (unpaired) electrons. The van der Waals surface area contributed by atoms with E-state index in [1.165, 1.54) is 25.7 Å². The molecule has 0 saturated carbocycles. The first-order valence-corrected chi connectivity index (χ1v) is 3.97. The van der Waals surface area contributed by atoms with Crippen LogP contribution >= 0.6 is 0 Å². The summed E-state index contributed by atoms with van der Waals surface area (Å²) in [5.74, 6) is 0. The van der Waals surface area contributed by atoms with E-state index in [1.807, 2.05) is 0 Å². The first-order valence-electron chi connectivity index (χ1n) is 3.97. The third-order valence-corrected chi connectivity index (χ3v) is 1.96. The molecule has 1 heteroatoms. The van der Waals surface area contributed by atoms with Crippen molar-refractivity contribution < 1.29 is 4.74 Å². The van der Waals surface area contributed by atoms with Gasteiger partial charge in [-0.1, -0.05) is 26.7 Å². The van der Waals surface area contributed by atoms with Gasteiger partial charge in [0, 0.05) is 0 Å². The summed E-state index contributed by atoms with van der Waals surface area (Å²) < 4.78 is 5.38. The Morgan fingerprint density at radius 2 is 1.67 bits per heavy atom. The van der Waals surface area contributed by atoms with Gasteiger partial charge in [0.25, 0.3) is 0 Å². The highest BCUT2D eigenvalue weighted by Crippen LogP contribution is 2.36. The number of epoxide rings is 1. The molecule has 0 aromatic carbocycles. The molecule has 0 atom stereocenters. The first-order chi connectivity index (χ1) is 4.33. The molecule has 0 bridgehead atoms. The van der Waals surface area contributed by atoms with Crippen LogP contribution in [0.15, 0.2) is 0 Å². The largest absolute Gasteiger partial charge is 0.370 e. The van der Waals surface area contributed by atoms with E-state index < -0.39 is 0 Å². The fourth-order valence-corrected chi connectivity index (χ4v) is 1.43. The summed E-state index contributed by atoms with van der Waals surface area (Å²) in [6, 6.07) is 0. The zero-order valence-corrected chi connectivity index (χ0v) is 6.44. The van der Waals surface area contributed by atoms with E-state index >= 15 is 0 Å². The van der Waals surface area contributed by atoms with Gasteiger partial charge < -0.3 is 4.74 Å². The monoisotopic (exact) mass is 128 g/mol. The second-order valence-corrected chi connectivity index (χ2v) is 2.97. The lowest BCUT2D eigenvalue weighted by atomic mass is 10.00. The molecule has 0 amide bonds. The zero-order chi connectivity index (χ0) is 6.74. The van der Waals surface area contributed by atoms with E-state index in [0.29, 0.717) is 5.60 Å². The molecule has 1 saturated heterocycles. The van der Waals surface area contributed by atoms with Crippen molar-refractivity contribution in [2.45, 2.75) is 45.1 Å². The zero-order valence-electron chi connectivity index (χ0n) is 6.44. The molecule has 1 nitrogen and oxygen atoms in total. The molecule has 0 unspecified atom stereocenters. The van der Waals surface area contributed by atoms with Crippen LogP contribution in [0.2, 0.25) is 0 Å². The van der Waals surface area contributed by atoms with Gasteiger partial charge in [0.1, 0.15) is 0 Å². The van der Waals surface area contributed by atoms with Crippen LogP contribution < -0.4 is 0 Å². The molecule has 1 rings (SSSR count). The lowest BCUT2D eigenvalue weighted by Gasteiger charge is -2.06. The molecule has 0 aromatic heterocycles. The molecular weight excluding hydrogens is 112 g/mol. The minimum atomic E-state index is 0.351. The molecule has 0 spiro atoms. The van der Waals surface area contributed by atoms with Gasteiger partial charge in [-0.05, 0) is 12.8 Å². The summed E-state index contributed by atoms with van der Waals surface area (Å²) in [6.07, 6.45) is 5.06. The average Bonchev–Trinajstić information content (AvgIpc) is 2.51. The Labute approximate surface area is 57.4 Å². The highest BCUT2D eigenvalue weighted by molar-refractivity contribution is 4.90. The van der Waals surface area contributed by atoms with E-state index in [4.69, 9.17) is 4.74 Å². The van der Waals surface area contributed by atoms with Crippen LogP contribution in [0.25, 0.3) is 0 Å². The van der Waals surface area contributed by atoms with E-state index in [-0.39, 0.29) is 0 Å². The number of ether oxygens (including phenoxy) is 1. The third-order valence-electron chi connectivity index (χ3n) is 1.96. The quantitative estimate of drug-likeness (QED) is 0.529. The summed E-state index contributed by atoms with van der Waals surface area (Å²) in [5.41, 5.74) is 0.351. The number of hydrogen-bond donors (Lipinski definition) is 0. The van der Waals surface area contributed by atoms with E-state index in [9.17, 15) is 0 Å². The molecule has 9 heavy (non-hydrogen) atoms. The predicted molar refractivity (Wildman–Crippen MR) is 38.5 cm³/mol. The third kappa shape index (κ3) is 1.68. The smallest absolute Gasteiger partial charge is 0.0916 e. The topological polar surface area (TPSA) is 12.5 Å². The Hall–Kier alpha value is -0.0400. The van der Waals surface area contributed by atoms with Crippen molar-refractivity contribution in [3.63, 3.8) is 0 Å². The Morgan fingerprint density at radius 1 is 1.22 bits per heavy atom. The van der Waals surface area contributed by atoms with Gasteiger partial charge in [0.15, 0.2) is 0 Å². The standard InChI is InChI=1S/C8H16O/c1-3-5-8(6-4-2)7-9-8/h3-7H2,1-2H3. The maximum absolute atomic E-state index is 5.38. The second-order valence-electron chi connectivity index (χ2n) is 2.97. The van der Waals surface area contributed by atoms with Crippen LogP contribution in [0.5, 0.6) is 0 Å². The van der Waals surface area contributed by atoms with Crippen LogP contribution in [0.3, 0.4) is 0 Å². The Kier molecular flexibility index (Phi) is 2.12. The molecule has 1 fully saturated rings. The minimum absolute atomic E-state index is 0.351. The van der Waals surface area contributed by atoms with Crippen molar-refractivity contribution in [3.8, 4) is 0 Å². The molecule has 0 aliphatic carbocycles. The normalized spacial score (nSPS) is 22.0. The van der Waals surface area contributed by atoms with Gasteiger partial charge in [0.2, 0.25) is 0 Å². The molecule has 0 aromatic rings. The highest BCUT2D eigenvalue weighted by atomic mass is 16.6. The summed E-state index contributed by atoms with van der Waals surface area (Å²) >= 11 is 0. The second kappa shape index (κ2) is 2.70. The van der Waals surface area contributed by atoms with Crippen molar-refractivity contribution in [1.29, 1.82) is 0 Å². The van der Waals surface area contributed by atoms with E-state index in [2.05, 4.69) is 13.8 Å². The minimum Gasteiger partial charge on any atom is -0.370 e. The van der Waals surface area contributed by atoms with Gasteiger partial charge in [0.05, 0.1) is 12.2 Å². The predicted octanol–water partition coefficient (Wildman–Crippen LogP) is 2.36. The summed E-state index contributed by atoms with van der Waals surface area (Å²) in [6.45, 7) is 5.47. The molecule has 1 heterocycles. The van der Waals surface area contributed by atoms with E-state index in [1.54, 1.807) is 0 Å². The van der Waals surface area contributed by atoms with Crippen molar-refractivity contribution >= 4 is 0 Å². The van der Waals surface area contributed by atoms with Crippen molar-refractivity contribution in [1.82, 2.24) is 0 Å². The van der Waals surface area contributed by atoms with Gasteiger partial charge in [-0.3, -0.25) is 0 Å².